The van der Waals surface area contributed by atoms with Crippen LogP contribution in [-0.4, -0.2) is 33.9 Å². The molecule has 0 radical (unpaired) electrons. The first-order valence-electron chi connectivity index (χ1n) is 11.6. The van der Waals surface area contributed by atoms with Gasteiger partial charge in [0, 0.05) is 6.04 Å². The molecule has 1 amide bonds. The molecule has 7 heteroatoms. The van der Waals surface area contributed by atoms with E-state index in [1.165, 1.54) is 21.9 Å². The Kier molecular flexibility index (Phi) is 7.87. The Balaban J connectivity index is 1.58. The fraction of sp³-hybridized carbons (Fsp3) is 0.250. The molecule has 0 fully saturated rings. The van der Waals surface area contributed by atoms with Crippen LogP contribution in [0.25, 0.3) is 16.6 Å². The van der Waals surface area contributed by atoms with Crippen LogP contribution in [0.5, 0.6) is 5.75 Å². The fourth-order valence-corrected chi connectivity index (χ4v) is 4.82. The number of para-hydroxylation sites is 3. The molecule has 180 valence electrons. The van der Waals surface area contributed by atoms with E-state index in [-0.39, 0.29) is 17.5 Å². The zero-order valence-corrected chi connectivity index (χ0v) is 20.9. The first kappa shape index (κ1) is 24.5. The Bertz CT molecular complexity index is 1370. The number of benzene rings is 3. The maximum Gasteiger partial charge on any atom is 0.266 e. The molecule has 0 aliphatic rings. The number of fused-ring (bicyclic) bond motifs is 1. The van der Waals surface area contributed by atoms with Crippen molar-refractivity contribution in [1.29, 1.82) is 0 Å². The Morgan fingerprint density at radius 1 is 1.00 bits per heavy atom. The van der Waals surface area contributed by atoms with Crippen molar-refractivity contribution in [3.63, 3.8) is 0 Å². The molecule has 0 spiro atoms. The van der Waals surface area contributed by atoms with Crippen molar-refractivity contribution in [1.82, 2.24) is 14.9 Å². The molecule has 0 bridgehead atoms. The van der Waals surface area contributed by atoms with Crippen LogP contribution in [0.3, 0.4) is 0 Å². The molecule has 0 aliphatic heterocycles. The van der Waals surface area contributed by atoms with Gasteiger partial charge in [-0.1, -0.05) is 66.4 Å². The van der Waals surface area contributed by atoms with Gasteiger partial charge in [0.25, 0.3) is 5.56 Å². The number of hydrogen-bond acceptors (Lipinski definition) is 5. The standard InChI is InChI=1S/C28H29N3O3S/c1-19(17-18-21-11-5-4-6-12-21)29-26(32)20(2)35-28-30-23-14-8-7-13-22(23)27(33)31(28)24-15-9-10-16-25(24)34-3/h4-16,19-20H,17-18H2,1-3H3,(H,29,32). The van der Waals surface area contributed by atoms with Gasteiger partial charge in [-0.15, -0.1) is 0 Å². The van der Waals surface area contributed by atoms with Gasteiger partial charge in [0.2, 0.25) is 5.91 Å². The van der Waals surface area contributed by atoms with Crippen molar-refractivity contribution in [3.05, 3.63) is 94.8 Å². The summed E-state index contributed by atoms with van der Waals surface area (Å²) in [7, 11) is 1.57. The lowest BCUT2D eigenvalue weighted by molar-refractivity contribution is -0.120. The molecular weight excluding hydrogens is 458 g/mol. The number of hydrogen-bond donors (Lipinski definition) is 1. The first-order valence-corrected chi connectivity index (χ1v) is 12.5. The molecule has 1 N–H and O–H groups in total. The number of carbonyl (C=O) groups excluding carboxylic acids is 1. The van der Waals surface area contributed by atoms with E-state index in [1.807, 2.05) is 68.4 Å². The molecular formula is C28H29N3O3S. The maximum atomic E-state index is 13.5. The van der Waals surface area contributed by atoms with Crippen LogP contribution in [0.1, 0.15) is 25.8 Å². The highest BCUT2D eigenvalue weighted by Crippen LogP contribution is 2.29. The van der Waals surface area contributed by atoms with Crippen LogP contribution in [0.15, 0.2) is 88.8 Å². The van der Waals surface area contributed by atoms with E-state index in [9.17, 15) is 9.59 Å². The Labute approximate surface area is 209 Å². The van der Waals surface area contributed by atoms with Crippen LogP contribution in [-0.2, 0) is 11.2 Å². The second kappa shape index (κ2) is 11.2. The fourth-order valence-electron chi connectivity index (χ4n) is 3.89. The van der Waals surface area contributed by atoms with Crippen LogP contribution in [0, 0.1) is 0 Å². The largest absolute Gasteiger partial charge is 0.495 e. The van der Waals surface area contributed by atoms with Gasteiger partial charge in [0.05, 0.1) is 29.0 Å². The molecule has 1 heterocycles. The normalized spacial score (nSPS) is 12.8. The number of methoxy groups -OCH3 is 1. The summed E-state index contributed by atoms with van der Waals surface area (Å²) in [6.45, 7) is 3.84. The number of ether oxygens (including phenoxy) is 1. The predicted molar refractivity (Wildman–Crippen MR) is 142 cm³/mol. The van der Waals surface area contributed by atoms with Gasteiger partial charge in [0.15, 0.2) is 5.16 Å². The van der Waals surface area contributed by atoms with E-state index >= 15 is 0 Å². The molecule has 35 heavy (non-hydrogen) atoms. The van der Waals surface area contributed by atoms with Crippen molar-refractivity contribution in [2.45, 2.75) is 43.1 Å². The summed E-state index contributed by atoms with van der Waals surface area (Å²) in [4.78, 5) is 31.3. The van der Waals surface area contributed by atoms with Gasteiger partial charge in [-0.05, 0) is 56.5 Å². The van der Waals surface area contributed by atoms with Crippen molar-refractivity contribution < 1.29 is 9.53 Å². The van der Waals surface area contributed by atoms with Gasteiger partial charge in [-0.2, -0.15) is 0 Å². The Morgan fingerprint density at radius 2 is 1.69 bits per heavy atom. The molecule has 0 saturated heterocycles. The second-order valence-corrected chi connectivity index (χ2v) is 9.73. The molecule has 4 aromatic rings. The molecule has 6 nitrogen and oxygen atoms in total. The summed E-state index contributed by atoms with van der Waals surface area (Å²) in [6, 6.07) is 24.8. The lowest BCUT2D eigenvalue weighted by atomic mass is 10.1. The van der Waals surface area contributed by atoms with Crippen LogP contribution < -0.4 is 15.6 Å². The number of aromatic nitrogens is 2. The Hall–Kier alpha value is -3.58. The van der Waals surface area contributed by atoms with Crippen molar-refractivity contribution in [2.75, 3.05) is 7.11 Å². The highest BCUT2D eigenvalue weighted by atomic mass is 32.2. The molecule has 3 aromatic carbocycles. The summed E-state index contributed by atoms with van der Waals surface area (Å²) >= 11 is 1.26. The zero-order chi connectivity index (χ0) is 24.8. The minimum absolute atomic E-state index is 0.0201. The monoisotopic (exact) mass is 487 g/mol. The van der Waals surface area contributed by atoms with E-state index in [4.69, 9.17) is 9.72 Å². The van der Waals surface area contributed by atoms with Gasteiger partial charge >= 0.3 is 0 Å². The summed E-state index contributed by atoms with van der Waals surface area (Å²) in [5.74, 6) is 0.463. The summed E-state index contributed by atoms with van der Waals surface area (Å²) in [5, 5.41) is 3.60. The number of nitrogens with zero attached hydrogens (tertiary/aromatic N) is 2. The molecule has 1 aromatic heterocycles. The lowest BCUT2D eigenvalue weighted by Gasteiger charge is -2.20. The van der Waals surface area contributed by atoms with E-state index < -0.39 is 5.25 Å². The van der Waals surface area contributed by atoms with Gasteiger partial charge in [-0.25, -0.2) is 4.98 Å². The number of rotatable bonds is 9. The third-order valence-electron chi connectivity index (χ3n) is 5.82. The van der Waals surface area contributed by atoms with Crippen molar-refractivity contribution in [3.8, 4) is 11.4 Å². The van der Waals surface area contributed by atoms with Crippen molar-refractivity contribution >= 4 is 28.6 Å². The third-order valence-corrected chi connectivity index (χ3v) is 6.87. The number of carbonyl (C=O) groups is 1. The Morgan fingerprint density at radius 3 is 2.46 bits per heavy atom. The van der Waals surface area contributed by atoms with E-state index in [0.29, 0.717) is 27.5 Å². The van der Waals surface area contributed by atoms with Gasteiger partial charge in [0.1, 0.15) is 5.75 Å². The van der Waals surface area contributed by atoms with Crippen molar-refractivity contribution in [2.24, 2.45) is 0 Å². The highest BCUT2D eigenvalue weighted by Gasteiger charge is 2.22. The number of thioether (sulfide) groups is 1. The van der Waals surface area contributed by atoms with E-state index in [0.717, 1.165) is 12.8 Å². The zero-order valence-electron chi connectivity index (χ0n) is 20.1. The van der Waals surface area contributed by atoms with Gasteiger partial charge in [-0.3, -0.25) is 14.2 Å². The quantitative estimate of drug-likeness (QED) is 0.265. The second-order valence-electron chi connectivity index (χ2n) is 8.42. The number of aryl methyl sites for hydroxylation is 1. The average molecular weight is 488 g/mol. The van der Waals surface area contributed by atoms with Gasteiger partial charge < -0.3 is 10.1 Å². The topological polar surface area (TPSA) is 73.2 Å². The third kappa shape index (κ3) is 5.74. The number of amides is 1. The molecule has 2 unspecified atom stereocenters. The summed E-state index contributed by atoms with van der Waals surface area (Å²) in [6.07, 6.45) is 1.73. The highest BCUT2D eigenvalue weighted by molar-refractivity contribution is 8.00. The smallest absolute Gasteiger partial charge is 0.266 e. The number of nitrogens with one attached hydrogen (secondary N) is 1. The molecule has 4 rings (SSSR count). The van der Waals surface area contributed by atoms with E-state index in [2.05, 4.69) is 17.4 Å². The summed E-state index contributed by atoms with van der Waals surface area (Å²) < 4.78 is 7.05. The molecule has 2 atom stereocenters. The average Bonchev–Trinajstić information content (AvgIpc) is 2.88. The first-order chi connectivity index (χ1) is 17.0. The minimum atomic E-state index is -0.455. The van der Waals surface area contributed by atoms with Crippen LogP contribution in [0.2, 0.25) is 0 Å². The van der Waals surface area contributed by atoms with Crippen LogP contribution in [0.4, 0.5) is 0 Å². The molecule has 0 aliphatic carbocycles. The summed E-state index contributed by atoms with van der Waals surface area (Å²) in [5.41, 5.74) is 2.23. The maximum absolute atomic E-state index is 13.5. The SMILES string of the molecule is COc1ccccc1-n1c(SC(C)C(=O)NC(C)CCc2ccccc2)nc2ccccc2c1=O. The van der Waals surface area contributed by atoms with E-state index in [1.54, 1.807) is 19.2 Å². The minimum Gasteiger partial charge on any atom is -0.495 e. The predicted octanol–water partition coefficient (Wildman–Crippen LogP) is 5.01. The van der Waals surface area contributed by atoms with Crippen LogP contribution >= 0.6 is 11.8 Å². The lowest BCUT2D eigenvalue weighted by Crippen LogP contribution is -2.38. The molecule has 0 saturated carbocycles.